The molecule has 6 rings (SSSR count). The summed E-state index contributed by atoms with van der Waals surface area (Å²) in [6.45, 7) is 13.7. The minimum Gasteiger partial charge on any atom is -0.497 e. The SMILES string of the molecule is CCC(C)(C)NC(=O)c1cc(-c2ccc(F)c(C)c2)cc(-n2cnnn2)c1.CCC(C)(C)NC(=O)c1cc(-c2ccc(OC)cc2)cc(-n2cnnn2)c1. The third kappa shape index (κ3) is 9.76. The van der Waals surface area contributed by atoms with Crippen LogP contribution < -0.4 is 15.4 Å². The van der Waals surface area contributed by atoms with E-state index in [-0.39, 0.29) is 28.7 Å². The number of carbonyl (C=O) groups is 2. The van der Waals surface area contributed by atoms with Crippen LogP contribution in [-0.2, 0) is 0 Å². The summed E-state index contributed by atoms with van der Waals surface area (Å²) in [6.07, 6.45) is 4.60. The fraction of sp³-hybridized carbons (Fsp3) is 0.300. The molecule has 0 bridgehead atoms. The van der Waals surface area contributed by atoms with Crippen LogP contribution in [0.4, 0.5) is 4.39 Å². The Balaban J connectivity index is 0.000000208. The lowest BCUT2D eigenvalue weighted by Crippen LogP contribution is -2.42. The van der Waals surface area contributed by atoms with Gasteiger partial charge >= 0.3 is 0 Å². The van der Waals surface area contributed by atoms with Crippen molar-refractivity contribution in [3.8, 4) is 39.4 Å². The monoisotopic (exact) mass is 732 g/mol. The number of hydrogen-bond acceptors (Lipinski definition) is 9. The number of aryl methyl sites for hydroxylation is 1. The van der Waals surface area contributed by atoms with Gasteiger partial charge in [-0.3, -0.25) is 9.59 Å². The molecular weight excluding hydrogens is 688 g/mol. The maximum atomic E-state index is 13.7. The average molecular weight is 733 g/mol. The predicted molar refractivity (Wildman–Crippen MR) is 204 cm³/mol. The molecule has 0 saturated heterocycles. The molecule has 0 unspecified atom stereocenters. The third-order valence-electron chi connectivity index (χ3n) is 9.17. The van der Waals surface area contributed by atoms with Crippen LogP contribution in [0, 0.1) is 12.7 Å². The first-order valence-electron chi connectivity index (χ1n) is 17.5. The highest BCUT2D eigenvalue weighted by Crippen LogP contribution is 2.28. The first-order chi connectivity index (χ1) is 25.7. The topological polar surface area (TPSA) is 155 Å². The molecule has 0 fully saturated rings. The van der Waals surface area contributed by atoms with Gasteiger partial charge in [-0.1, -0.05) is 32.0 Å². The summed E-state index contributed by atoms with van der Waals surface area (Å²) in [4.78, 5) is 25.6. The molecule has 0 atom stereocenters. The number of methoxy groups -OCH3 is 1. The van der Waals surface area contributed by atoms with Crippen molar-refractivity contribution in [1.29, 1.82) is 0 Å². The number of rotatable bonds is 11. The number of tetrazole rings is 2. The van der Waals surface area contributed by atoms with Gasteiger partial charge in [-0.2, -0.15) is 0 Å². The molecule has 0 aliphatic heterocycles. The zero-order valence-electron chi connectivity index (χ0n) is 31.8. The van der Waals surface area contributed by atoms with E-state index in [9.17, 15) is 14.0 Å². The molecule has 13 nitrogen and oxygen atoms in total. The van der Waals surface area contributed by atoms with Gasteiger partial charge in [-0.15, -0.1) is 10.2 Å². The van der Waals surface area contributed by atoms with Crippen LogP contribution in [0.25, 0.3) is 33.6 Å². The molecule has 2 heterocycles. The van der Waals surface area contributed by atoms with E-state index in [1.807, 2.05) is 84.0 Å². The van der Waals surface area contributed by atoms with E-state index in [0.717, 1.165) is 40.8 Å². The number of ether oxygens (including phenoxy) is 1. The lowest BCUT2D eigenvalue weighted by Gasteiger charge is -2.24. The minimum absolute atomic E-state index is 0.133. The van der Waals surface area contributed by atoms with Crippen LogP contribution in [0.3, 0.4) is 0 Å². The number of carbonyl (C=O) groups excluding carboxylic acids is 2. The van der Waals surface area contributed by atoms with Crippen LogP contribution in [0.15, 0.2) is 91.5 Å². The van der Waals surface area contributed by atoms with Gasteiger partial charge < -0.3 is 15.4 Å². The molecule has 280 valence electrons. The summed E-state index contributed by atoms with van der Waals surface area (Å²) in [6, 6.07) is 23.5. The van der Waals surface area contributed by atoms with Gasteiger partial charge in [-0.25, -0.2) is 13.8 Å². The molecular formula is C40H45FN10O3. The number of nitrogens with one attached hydrogen (secondary N) is 2. The second kappa shape index (κ2) is 16.6. The van der Waals surface area contributed by atoms with Crippen molar-refractivity contribution in [2.24, 2.45) is 0 Å². The number of benzene rings is 4. The number of amides is 2. The van der Waals surface area contributed by atoms with Crippen molar-refractivity contribution < 1.29 is 18.7 Å². The molecule has 54 heavy (non-hydrogen) atoms. The van der Waals surface area contributed by atoms with Gasteiger partial charge in [0.1, 0.15) is 24.2 Å². The van der Waals surface area contributed by atoms with Crippen molar-refractivity contribution in [1.82, 2.24) is 51.0 Å². The van der Waals surface area contributed by atoms with Crippen molar-refractivity contribution in [2.45, 2.75) is 72.4 Å². The fourth-order valence-corrected chi connectivity index (χ4v) is 5.19. The van der Waals surface area contributed by atoms with E-state index < -0.39 is 0 Å². The Hall–Kier alpha value is -6.31. The molecule has 0 spiro atoms. The van der Waals surface area contributed by atoms with E-state index in [1.165, 1.54) is 28.1 Å². The normalized spacial score (nSPS) is 11.4. The smallest absolute Gasteiger partial charge is 0.251 e. The summed E-state index contributed by atoms with van der Waals surface area (Å²) in [5.41, 5.74) is 5.79. The zero-order valence-corrected chi connectivity index (χ0v) is 31.8. The Morgan fingerprint density at radius 2 is 1.13 bits per heavy atom. The fourth-order valence-electron chi connectivity index (χ4n) is 5.19. The Labute approximate surface area is 314 Å². The van der Waals surface area contributed by atoms with Crippen LogP contribution in [0.5, 0.6) is 5.75 Å². The van der Waals surface area contributed by atoms with Crippen LogP contribution in [-0.4, -0.2) is 70.4 Å². The van der Waals surface area contributed by atoms with E-state index in [1.54, 1.807) is 44.4 Å². The second-order valence-corrected chi connectivity index (χ2v) is 14.1. The maximum Gasteiger partial charge on any atom is 0.251 e. The molecule has 0 aliphatic carbocycles. The van der Waals surface area contributed by atoms with Gasteiger partial charge in [-0.05, 0) is 157 Å². The molecule has 14 heteroatoms. The first kappa shape index (κ1) is 38.9. The quantitative estimate of drug-likeness (QED) is 0.144. The van der Waals surface area contributed by atoms with Crippen LogP contribution in [0.1, 0.15) is 80.7 Å². The molecule has 2 N–H and O–H groups in total. The Bertz CT molecular complexity index is 2200. The molecule has 4 aromatic carbocycles. The molecule has 2 aromatic heterocycles. The number of hydrogen-bond donors (Lipinski definition) is 2. The highest BCUT2D eigenvalue weighted by molar-refractivity contribution is 5.97. The Kier molecular flexibility index (Phi) is 11.9. The lowest BCUT2D eigenvalue weighted by atomic mass is 9.98. The molecule has 2 amide bonds. The van der Waals surface area contributed by atoms with Crippen molar-refractivity contribution >= 4 is 11.8 Å². The van der Waals surface area contributed by atoms with E-state index in [2.05, 4.69) is 41.7 Å². The van der Waals surface area contributed by atoms with E-state index >= 15 is 0 Å². The highest BCUT2D eigenvalue weighted by atomic mass is 19.1. The molecule has 0 aliphatic rings. The van der Waals surface area contributed by atoms with Gasteiger partial charge in [0.25, 0.3) is 11.8 Å². The predicted octanol–water partition coefficient (Wildman–Crippen LogP) is 6.95. The molecule has 0 radical (unpaired) electrons. The van der Waals surface area contributed by atoms with E-state index in [4.69, 9.17) is 4.74 Å². The van der Waals surface area contributed by atoms with Crippen LogP contribution in [0.2, 0.25) is 0 Å². The Morgan fingerprint density at radius 3 is 1.54 bits per heavy atom. The van der Waals surface area contributed by atoms with Gasteiger partial charge in [0.15, 0.2) is 0 Å². The average Bonchev–Trinajstić information content (AvgIpc) is 3.92. The van der Waals surface area contributed by atoms with Crippen molar-refractivity contribution in [3.63, 3.8) is 0 Å². The number of halogens is 1. The summed E-state index contributed by atoms with van der Waals surface area (Å²) in [5.74, 6) is 0.194. The summed E-state index contributed by atoms with van der Waals surface area (Å²) >= 11 is 0. The second-order valence-electron chi connectivity index (χ2n) is 14.1. The van der Waals surface area contributed by atoms with Gasteiger partial charge in [0.2, 0.25) is 0 Å². The van der Waals surface area contributed by atoms with Gasteiger partial charge in [0.05, 0.1) is 18.5 Å². The minimum atomic E-state index is -0.325. The molecule has 0 saturated carbocycles. The van der Waals surface area contributed by atoms with Crippen molar-refractivity contribution in [3.05, 3.63) is 114 Å². The largest absolute Gasteiger partial charge is 0.497 e. The standard InChI is InChI=1S/C20H22FN5O.C20H23N5O2/c1-5-20(3,4)23-19(27)16-9-15(14-6-7-18(21)13(2)8-14)10-17(11-16)26-12-22-24-25-26;1-5-20(2,3)22-19(26)16-10-15(14-6-8-18(27-4)9-7-14)11-17(12-16)25-13-21-23-24-25/h6-12H,5H2,1-4H3,(H,23,27);6-13H,5H2,1-4H3,(H,22,26). The number of nitrogens with zero attached hydrogens (tertiary/aromatic N) is 8. The number of aromatic nitrogens is 8. The van der Waals surface area contributed by atoms with E-state index in [0.29, 0.717) is 28.1 Å². The summed E-state index contributed by atoms with van der Waals surface area (Å²) in [5, 5.41) is 28.6. The molecule has 6 aromatic rings. The van der Waals surface area contributed by atoms with Crippen molar-refractivity contribution in [2.75, 3.05) is 7.11 Å². The summed E-state index contributed by atoms with van der Waals surface area (Å²) < 4.78 is 21.9. The third-order valence-corrected chi connectivity index (χ3v) is 9.17. The summed E-state index contributed by atoms with van der Waals surface area (Å²) in [7, 11) is 1.63. The first-order valence-corrected chi connectivity index (χ1v) is 17.5. The van der Waals surface area contributed by atoms with Crippen LogP contribution >= 0.6 is 0 Å². The lowest BCUT2D eigenvalue weighted by molar-refractivity contribution is 0.0902. The van der Waals surface area contributed by atoms with Gasteiger partial charge in [0, 0.05) is 22.2 Å². The Morgan fingerprint density at radius 1 is 0.667 bits per heavy atom. The zero-order chi connectivity index (χ0) is 39.0. The highest BCUT2D eigenvalue weighted by Gasteiger charge is 2.22. The maximum absolute atomic E-state index is 13.7.